The first-order valence-corrected chi connectivity index (χ1v) is 6.81. The Morgan fingerprint density at radius 1 is 1.33 bits per heavy atom. The molecular formula is C13H22ClN3O. The predicted octanol–water partition coefficient (Wildman–Crippen LogP) is 3.25. The fourth-order valence-electron chi connectivity index (χ4n) is 1.83. The van der Waals surface area contributed by atoms with Gasteiger partial charge in [-0.3, -0.25) is 0 Å². The van der Waals surface area contributed by atoms with Crippen molar-refractivity contribution in [1.29, 1.82) is 0 Å². The van der Waals surface area contributed by atoms with Gasteiger partial charge in [-0.25, -0.2) is 9.97 Å². The molecule has 5 heteroatoms. The number of aromatic nitrogens is 2. The first kappa shape index (κ1) is 15.0. The molecule has 102 valence electrons. The number of ether oxygens (including phenoxy) is 1. The Balaban J connectivity index is 2.79. The number of halogens is 1. The Kier molecular flexibility index (Phi) is 5.66. The van der Waals surface area contributed by atoms with Crippen molar-refractivity contribution >= 4 is 17.4 Å². The first-order chi connectivity index (χ1) is 8.62. The zero-order valence-electron chi connectivity index (χ0n) is 11.6. The molecule has 1 rings (SSSR count). The summed E-state index contributed by atoms with van der Waals surface area (Å²) in [6.45, 7) is 7.09. The Hall–Kier alpha value is -1.03. The third-order valence-electron chi connectivity index (χ3n) is 3.65. The van der Waals surface area contributed by atoms with Crippen LogP contribution in [0.3, 0.4) is 0 Å². The molecule has 18 heavy (non-hydrogen) atoms. The molecule has 0 aliphatic carbocycles. The molecule has 4 nitrogen and oxygen atoms in total. The summed E-state index contributed by atoms with van der Waals surface area (Å²) in [6, 6.07) is 0. The Bertz CT molecular complexity index is 372. The number of hydrogen-bond donors (Lipinski definition) is 1. The second kappa shape index (κ2) is 6.78. The summed E-state index contributed by atoms with van der Waals surface area (Å²) in [6.07, 6.45) is 3.59. The van der Waals surface area contributed by atoms with Crippen molar-refractivity contribution in [3.05, 3.63) is 11.9 Å². The van der Waals surface area contributed by atoms with Gasteiger partial charge in [-0.15, -0.1) is 11.6 Å². The van der Waals surface area contributed by atoms with Crippen LogP contribution in [0.15, 0.2) is 6.33 Å². The number of methoxy groups -OCH3 is 1. The largest absolute Gasteiger partial charge is 0.481 e. The molecule has 0 saturated carbocycles. The number of alkyl halides is 1. The van der Waals surface area contributed by atoms with Crippen molar-refractivity contribution in [2.75, 3.05) is 24.9 Å². The fraction of sp³-hybridized carbons (Fsp3) is 0.692. The van der Waals surface area contributed by atoms with E-state index in [0.717, 1.165) is 30.8 Å². The lowest BCUT2D eigenvalue weighted by molar-refractivity contribution is 0.326. The standard InChI is InChI=1S/C13H22ClN3O/c1-5-13(6-2,7-14)8-15-11-10(3)12(18-4)17-9-16-11/h9H,5-8H2,1-4H3,(H,15,16,17). The van der Waals surface area contributed by atoms with Crippen molar-refractivity contribution in [2.24, 2.45) is 5.41 Å². The molecule has 0 fully saturated rings. The second-order valence-electron chi connectivity index (χ2n) is 4.55. The summed E-state index contributed by atoms with van der Waals surface area (Å²) in [5.41, 5.74) is 1.04. The summed E-state index contributed by atoms with van der Waals surface area (Å²) < 4.78 is 5.18. The van der Waals surface area contributed by atoms with Crippen LogP contribution in [0.25, 0.3) is 0 Å². The lowest BCUT2D eigenvalue weighted by Gasteiger charge is -2.29. The van der Waals surface area contributed by atoms with E-state index in [2.05, 4.69) is 29.1 Å². The molecule has 0 aliphatic heterocycles. The Morgan fingerprint density at radius 3 is 2.50 bits per heavy atom. The van der Waals surface area contributed by atoms with E-state index >= 15 is 0 Å². The number of nitrogens with one attached hydrogen (secondary N) is 1. The molecule has 1 N–H and O–H groups in total. The van der Waals surface area contributed by atoms with Gasteiger partial charge in [0.25, 0.3) is 0 Å². The lowest BCUT2D eigenvalue weighted by atomic mass is 9.84. The van der Waals surface area contributed by atoms with E-state index in [0.29, 0.717) is 11.8 Å². The van der Waals surface area contributed by atoms with Crippen LogP contribution in [0.5, 0.6) is 5.88 Å². The quantitative estimate of drug-likeness (QED) is 0.774. The molecule has 1 aromatic rings. The van der Waals surface area contributed by atoms with Gasteiger partial charge in [0, 0.05) is 17.8 Å². The second-order valence-corrected chi connectivity index (χ2v) is 4.82. The van der Waals surface area contributed by atoms with Gasteiger partial charge in [0.15, 0.2) is 0 Å². The van der Waals surface area contributed by atoms with Crippen molar-refractivity contribution in [3.63, 3.8) is 0 Å². The Morgan fingerprint density at radius 2 is 2.00 bits per heavy atom. The van der Waals surface area contributed by atoms with Gasteiger partial charge in [-0.2, -0.15) is 0 Å². The molecule has 1 aromatic heterocycles. The maximum absolute atomic E-state index is 6.09. The third kappa shape index (κ3) is 3.25. The van der Waals surface area contributed by atoms with E-state index in [1.807, 2.05) is 6.92 Å². The van der Waals surface area contributed by atoms with Gasteiger partial charge in [-0.05, 0) is 19.8 Å². The van der Waals surface area contributed by atoms with Gasteiger partial charge < -0.3 is 10.1 Å². The summed E-state index contributed by atoms with van der Waals surface area (Å²) >= 11 is 6.09. The highest BCUT2D eigenvalue weighted by Crippen LogP contribution is 2.29. The molecular weight excluding hydrogens is 250 g/mol. The van der Waals surface area contributed by atoms with Crippen LogP contribution in [0.4, 0.5) is 5.82 Å². The smallest absolute Gasteiger partial charge is 0.221 e. The molecule has 0 saturated heterocycles. The van der Waals surface area contributed by atoms with Crippen molar-refractivity contribution in [1.82, 2.24) is 9.97 Å². The summed E-state index contributed by atoms with van der Waals surface area (Å²) in [4.78, 5) is 8.31. The van der Waals surface area contributed by atoms with E-state index in [-0.39, 0.29) is 5.41 Å². The van der Waals surface area contributed by atoms with Gasteiger partial charge >= 0.3 is 0 Å². The number of rotatable bonds is 7. The Labute approximate surface area is 114 Å². The van der Waals surface area contributed by atoms with Gasteiger partial charge in [0.1, 0.15) is 12.1 Å². The summed E-state index contributed by atoms with van der Waals surface area (Å²) in [7, 11) is 1.61. The van der Waals surface area contributed by atoms with Crippen LogP contribution < -0.4 is 10.1 Å². The van der Waals surface area contributed by atoms with Gasteiger partial charge in [-0.1, -0.05) is 13.8 Å². The minimum absolute atomic E-state index is 0.117. The van der Waals surface area contributed by atoms with Crippen molar-refractivity contribution in [2.45, 2.75) is 33.6 Å². The molecule has 1 heterocycles. The van der Waals surface area contributed by atoms with Crippen LogP contribution in [-0.4, -0.2) is 29.5 Å². The van der Waals surface area contributed by atoms with Crippen molar-refractivity contribution in [3.8, 4) is 5.88 Å². The van der Waals surface area contributed by atoms with E-state index in [4.69, 9.17) is 16.3 Å². The molecule has 0 aromatic carbocycles. The molecule has 0 unspecified atom stereocenters. The van der Waals surface area contributed by atoms with Gasteiger partial charge in [0.05, 0.1) is 12.7 Å². The average molecular weight is 272 g/mol. The molecule has 0 aliphatic rings. The average Bonchev–Trinajstić information content (AvgIpc) is 2.42. The van der Waals surface area contributed by atoms with Crippen LogP contribution >= 0.6 is 11.6 Å². The third-order valence-corrected chi connectivity index (χ3v) is 4.21. The topological polar surface area (TPSA) is 47.0 Å². The fourth-order valence-corrected chi connectivity index (χ4v) is 2.30. The van der Waals surface area contributed by atoms with E-state index in [1.54, 1.807) is 7.11 Å². The van der Waals surface area contributed by atoms with Crippen LogP contribution in [0.2, 0.25) is 0 Å². The van der Waals surface area contributed by atoms with Crippen LogP contribution in [0.1, 0.15) is 32.3 Å². The number of nitrogens with zero attached hydrogens (tertiary/aromatic N) is 2. The van der Waals surface area contributed by atoms with Crippen LogP contribution in [0, 0.1) is 12.3 Å². The predicted molar refractivity (Wildman–Crippen MR) is 75.5 cm³/mol. The van der Waals surface area contributed by atoms with Crippen molar-refractivity contribution < 1.29 is 4.74 Å². The molecule has 0 radical (unpaired) electrons. The first-order valence-electron chi connectivity index (χ1n) is 6.28. The minimum Gasteiger partial charge on any atom is -0.481 e. The molecule has 0 bridgehead atoms. The van der Waals surface area contributed by atoms with Crippen LogP contribution in [-0.2, 0) is 0 Å². The van der Waals surface area contributed by atoms with E-state index in [1.165, 1.54) is 6.33 Å². The zero-order valence-corrected chi connectivity index (χ0v) is 12.3. The normalized spacial score (nSPS) is 11.4. The monoisotopic (exact) mass is 271 g/mol. The molecule has 0 atom stereocenters. The number of hydrogen-bond acceptors (Lipinski definition) is 4. The number of anilines is 1. The highest BCUT2D eigenvalue weighted by Gasteiger charge is 2.25. The highest BCUT2D eigenvalue weighted by atomic mass is 35.5. The maximum atomic E-state index is 6.09. The van der Waals surface area contributed by atoms with Gasteiger partial charge in [0.2, 0.25) is 5.88 Å². The lowest BCUT2D eigenvalue weighted by Crippen LogP contribution is -2.30. The van der Waals surface area contributed by atoms with E-state index < -0.39 is 0 Å². The van der Waals surface area contributed by atoms with E-state index in [9.17, 15) is 0 Å². The molecule has 0 spiro atoms. The zero-order chi connectivity index (χ0) is 13.6. The minimum atomic E-state index is 0.117. The summed E-state index contributed by atoms with van der Waals surface area (Å²) in [5, 5.41) is 3.37. The SMILES string of the molecule is CCC(CC)(CCl)CNc1ncnc(OC)c1C. The highest BCUT2D eigenvalue weighted by molar-refractivity contribution is 6.18. The molecule has 0 amide bonds. The summed E-state index contributed by atoms with van der Waals surface area (Å²) in [5.74, 6) is 2.07. The maximum Gasteiger partial charge on any atom is 0.221 e.